The maximum Gasteiger partial charge on any atom is 0.227 e. The minimum Gasteiger partial charge on any atom is -0.339 e. The molecule has 4 fully saturated rings. The van der Waals surface area contributed by atoms with Crippen molar-refractivity contribution in [1.29, 1.82) is 0 Å². The van der Waals surface area contributed by atoms with Gasteiger partial charge in [-0.15, -0.1) is 12.4 Å². The molecule has 4 aliphatic rings. The molecular weight excluding hydrogens is 362 g/mol. The molecule has 27 heavy (non-hydrogen) atoms. The van der Waals surface area contributed by atoms with Gasteiger partial charge in [-0.05, 0) is 43.4 Å². The highest BCUT2D eigenvalue weighted by Crippen LogP contribution is 2.48. The Morgan fingerprint density at radius 2 is 1.48 bits per heavy atom. The fourth-order valence-corrected chi connectivity index (χ4v) is 6.05. The molecule has 4 unspecified atom stereocenters. The maximum atomic E-state index is 13.0. The first kappa shape index (κ1) is 20.9. The Balaban J connectivity index is 0.00000210. The number of fused-ring (bicyclic) bond motifs is 2. The van der Waals surface area contributed by atoms with Crippen molar-refractivity contribution in [2.45, 2.75) is 70.3 Å². The third kappa shape index (κ3) is 4.45. The van der Waals surface area contributed by atoms with Gasteiger partial charge in [0.2, 0.25) is 11.8 Å². The second-order valence-electron chi connectivity index (χ2n) is 9.19. The van der Waals surface area contributed by atoms with E-state index in [-0.39, 0.29) is 30.3 Å². The lowest BCUT2D eigenvalue weighted by atomic mass is 9.84. The number of rotatable bonds is 4. The van der Waals surface area contributed by atoms with E-state index in [1.54, 1.807) is 0 Å². The van der Waals surface area contributed by atoms with Gasteiger partial charge in [0.1, 0.15) is 0 Å². The summed E-state index contributed by atoms with van der Waals surface area (Å²) in [4.78, 5) is 29.4. The number of nitrogens with two attached hydrogens (primary N) is 1. The summed E-state index contributed by atoms with van der Waals surface area (Å²) in [6, 6.07) is 0.0661. The lowest BCUT2D eigenvalue weighted by Gasteiger charge is -2.38. The summed E-state index contributed by atoms with van der Waals surface area (Å²) in [5.74, 6) is 2.43. The average Bonchev–Trinajstić information content (AvgIpc) is 3.28. The van der Waals surface area contributed by atoms with Crippen LogP contribution in [0.15, 0.2) is 0 Å². The van der Waals surface area contributed by atoms with E-state index in [0.29, 0.717) is 50.3 Å². The van der Waals surface area contributed by atoms with Crippen molar-refractivity contribution in [1.82, 2.24) is 9.80 Å². The Kier molecular flexibility index (Phi) is 7.07. The summed E-state index contributed by atoms with van der Waals surface area (Å²) in [6.07, 6.45) is 11.9. The van der Waals surface area contributed by atoms with E-state index < -0.39 is 0 Å². The first-order valence-electron chi connectivity index (χ1n) is 11.0. The van der Waals surface area contributed by atoms with E-state index in [4.69, 9.17) is 5.73 Å². The van der Waals surface area contributed by atoms with E-state index in [0.717, 1.165) is 18.8 Å². The monoisotopic (exact) mass is 397 g/mol. The second kappa shape index (κ2) is 9.13. The van der Waals surface area contributed by atoms with Crippen molar-refractivity contribution >= 4 is 24.2 Å². The van der Waals surface area contributed by atoms with Gasteiger partial charge in [0, 0.05) is 38.6 Å². The molecule has 1 saturated heterocycles. The number of hydrogen-bond acceptors (Lipinski definition) is 3. The number of amides is 2. The SMILES string of the molecule is Cl.NC1C2CCC(C2)C1C(=O)N1CCN(C(=O)CCC2CCCCC2)CC1. The third-order valence-electron chi connectivity index (χ3n) is 7.70. The molecule has 1 heterocycles. The highest BCUT2D eigenvalue weighted by atomic mass is 35.5. The van der Waals surface area contributed by atoms with Crippen molar-refractivity contribution < 1.29 is 9.59 Å². The maximum absolute atomic E-state index is 13.0. The molecule has 5 nitrogen and oxygen atoms in total. The van der Waals surface area contributed by atoms with Crippen LogP contribution in [0, 0.1) is 23.7 Å². The zero-order valence-corrected chi connectivity index (χ0v) is 17.3. The Hall–Kier alpha value is -0.810. The molecule has 3 saturated carbocycles. The van der Waals surface area contributed by atoms with Gasteiger partial charge >= 0.3 is 0 Å². The molecule has 154 valence electrons. The van der Waals surface area contributed by atoms with Gasteiger partial charge < -0.3 is 15.5 Å². The zero-order valence-electron chi connectivity index (χ0n) is 16.5. The summed E-state index contributed by atoms with van der Waals surface area (Å²) in [5.41, 5.74) is 6.35. The molecule has 2 bridgehead atoms. The first-order chi connectivity index (χ1) is 12.6. The Morgan fingerprint density at radius 1 is 0.852 bits per heavy atom. The van der Waals surface area contributed by atoms with Crippen molar-refractivity contribution in [2.75, 3.05) is 26.2 Å². The van der Waals surface area contributed by atoms with Crippen LogP contribution in [0.4, 0.5) is 0 Å². The largest absolute Gasteiger partial charge is 0.339 e. The van der Waals surface area contributed by atoms with Crippen LogP contribution in [0.5, 0.6) is 0 Å². The quantitative estimate of drug-likeness (QED) is 0.793. The van der Waals surface area contributed by atoms with E-state index >= 15 is 0 Å². The molecular formula is C21H36ClN3O2. The van der Waals surface area contributed by atoms with Crippen LogP contribution in [0.1, 0.15) is 64.2 Å². The summed E-state index contributed by atoms with van der Waals surface area (Å²) >= 11 is 0. The van der Waals surface area contributed by atoms with Gasteiger partial charge in [-0.3, -0.25) is 9.59 Å². The summed E-state index contributed by atoms with van der Waals surface area (Å²) in [6.45, 7) is 2.78. The van der Waals surface area contributed by atoms with Crippen LogP contribution in [0.3, 0.4) is 0 Å². The molecule has 0 aromatic carbocycles. The molecule has 4 atom stereocenters. The van der Waals surface area contributed by atoms with Crippen LogP contribution in [0.25, 0.3) is 0 Å². The van der Waals surface area contributed by atoms with Crippen molar-refractivity contribution in [2.24, 2.45) is 29.4 Å². The normalized spacial score (nSPS) is 33.8. The van der Waals surface area contributed by atoms with Gasteiger partial charge in [-0.2, -0.15) is 0 Å². The fraction of sp³-hybridized carbons (Fsp3) is 0.905. The summed E-state index contributed by atoms with van der Waals surface area (Å²) < 4.78 is 0. The fourth-order valence-electron chi connectivity index (χ4n) is 6.05. The highest BCUT2D eigenvalue weighted by molar-refractivity contribution is 5.85. The smallest absolute Gasteiger partial charge is 0.227 e. The molecule has 0 aromatic rings. The topological polar surface area (TPSA) is 66.6 Å². The van der Waals surface area contributed by atoms with Crippen molar-refractivity contribution in [3.63, 3.8) is 0 Å². The zero-order chi connectivity index (χ0) is 18.1. The highest BCUT2D eigenvalue weighted by Gasteiger charge is 2.50. The summed E-state index contributed by atoms with van der Waals surface area (Å²) in [7, 11) is 0. The second-order valence-corrected chi connectivity index (χ2v) is 9.19. The lowest BCUT2D eigenvalue weighted by Crippen LogP contribution is -2.54. The molecule has 2 amide bonds. The van der Waals surface area contributed by atoms with Gasteiger partial charge in [-0.25, -0.2) is 0 Å². The predicted molar refractivity (Wildman–Crippen MR) is 109 cm³/mol. The van der Waals surface area contributed by atoms with Crippen molar-refractivity contribution in [3.8, 4) is 0 Å². The van der Waals surface area contributed by atoms with Crippen LogP contribution in [-0.2, 0) is 9.59 Å². The third-order valence-corrected chi connectivity index (χ3v) is 7.70. The van der Waals surface area contributed by atoms with Gasteiger partial charge in [0.05, 0.1) is 5.92 Å². The Bertz CT molecular complexity index is 528. The van der Waals surface area contributed by atoms with Crippen LogP contribution < -0.4 is 5.73 Å². The predicted octanol–water partition coefficient (Wildman–Crippen LogP) is 2.81. The molecule has 2 N–H and O–H groups in total. The average molecular weight is 398 g/mol. The molecule has 3 aliphatic carbocycles. The lowest BCUT2D eigenvalue weighted by molar-refractivity contribution is -0.143. The minimum atomic E-state index is 0. The van der Waals surface area contributed by atoms with Gasteiger partial charge in [0.15, 0.2) is 0 Å². The number of piperazine rings is 1. The van der Waals surface area contributed by atoms with Crippen LogP contribution in [-0.4, -0.2) is 53.8 Å². The molecule has 4 rings (SSSR count). The molecule has 0 radical (unpaired) electrons. The number of nitrogens with zero attached hydrogens (tertiary/aromatic N) is 2. The van der Waals surface area contributed by atoms with Gasteiger partial charge in [0.25, 0.3) is 0 Å². The molecule has 6 heteroatoms. The summed E-state index contributed by atoms with van der Waals surface area (Å²) in [5, 5.41) is 0. The van der Waals surface area contributed by atoms with Gasteiger partial charge in [-0.1, -0.05) is 32.1 Å². The Labute approximate surface area is 169 Å². The Morgan fingerprint density at radius 3 is 2.11 bits per heavy atom. The first-order valence-corrected chi connectivity index (χ1v) is 11.0. The molecule has 0 aromatic heterocycles. The van der Waals surface area contributed by atoms with Crippen LogP contribution in [0.2, 0.25) is 0 Å². The minimum absolute atomic E-state index is 0. The number of carbonyl (C=O) groups is 2. The number of hydrogen-bond donors (Lipinski definition) is 1. The van der Waals surface area contributed by atoms with Crippen LogP contribution >= 0.6 is 12.4 Å². The van der Waals surface area contributed by atoms with E-state index in [1.807, 2.05) is 9.80 Å². The number of halogens is 1. The number of carbonyl (C=O) groups excluding carboxylic acids is 2. The molecule has 1 aliphatic heterocycles. The molecule has 0 spiro atoms. The standard InChI is InChI=1S/C21H35N3O2.ClH/c22-20-17-8-7-16(14-17)19(20)21(26)24-12-10-23(11-13-24)18(25)9-6-15-4-2-1-3-5-15;/h15-17,19-20H,1-14,22H2;1H. The van der Waals surface area contributed by atoms with E-state index in [9.17, 15) is 9.59 Å². The van der Waals surface area contributed by atoms with E-state index in [1.165, 1.54) is 44.9 Å². The van der Waals surface area contributed by atoms with Crippen molar-refractivity contribution in [3.05, 3.63) is 0 Å². The van der Waals surface area contributed by atoms with E-state index in [2.05, 4.69) is 0 Å².